The Balaban J connectivity index is 2.00. The fraction of sp³-hybridized carbons (Fsp3) is 0.100. The van der Waals surface area contributed by atoms with E-state index in [2.05, 4.69) is 20.7 Å². The first-order chi connectivity index (χ1) is 8.54. The molecule has 2 heterocycles. The van der Waals surface area contributed by atoms with Crippen LogP contribution in [0.5, 0.6) is 0 Å². The number of nitrogens with one attached hydrogen (secondary N) is 2. The summed E-state index contributed by atoms with van der Waals surface area (Å²) in [5.41, 5.74) is 0. The van der Waals surface area contributed by atoms with Gasteiger partial charge in [0.25, 0.3) is 0 Å². The van der Waals surface area contributed by atoms with E-state index in [0.29, 0.717) is 21.7 Å². The second-order valence-electron chi connectivity index (χ2n) is 3.44. The maximum atomic E-state index is 11.6. The van der Waals surface area contributed by atoms with Crippen molar-refractivity contribution in [1.82, 2.24) is 14.8 Å². The van der Waals surface area contributed by atoms with Gasteiger partial charge in [0.2, 0.25) is 0 Å². The van der Waals surface area contributed by atoms with Gasteiger partial charge in [-0.2, -0.15) is 5.10 Å². The first-order valence-electron chi connectivity index (χ1n) is 4.93. The monoisotopic (exact) mass is 285 g/mol. The highest BCUT2D eigenvalue weighted by atomic mass is 35.5. The molecule has 0 aliphatic rings. The molecule has 0 aliphatic heterocycles. The molecule has 0 saturated carbocycles. The molecule has 0 spiro atoms. The van der Waals surface area contributed by atoms with Crippen LogP contribution in [-0.2, 0) is 7.05 Å². The van der Waals surface area contributed by atoms with Crippen molar-refractivity contribution in [1.29, 1.82) is 0 Å². The molecule has 2 amide bonds. The summed E-state index contributed by atoms with van der Waals surface area (Å²) in [5.74, 6) is 0.743. The van der Waals surface area contributed by atoms with E-state index >= 15 is 0 Å². The highest BCUT2D eigenvalue weighted by Gasteiger charge is 2.07. The molecule has 0 aromatic carbocycles. The Morgan fingerprint density at radius 2 is 2.00 bits per heavy atom. The van der Waals surface area contributed by atoms with Crippen LogP contribution in [0, 0.1) is 0 Å². The number of hydrogen-bond donors (Lipinski definition) is 2. The predicted octanol–water partition coefficient (Wildman–Crippen LogP) is 2.77. The van der Waals surface area contributed by atoms with E-state index in [-0.39, 0.29) is 0 Å². The van der Waals surface area contributed by atoms with Crippen LogP contribution in [0.4, 0.5) is 16.4 Å². The predicted molar refractivity (Wildman–Crippen MR) is 70.1 cm³/mol. The van der Waals surface area contributed by atoms with Crippen molar-refractivity contribution in [3.8, 4) is 0 Å². The zero-order chi connectivity index (χ0) is 13.1. The summed E-state index contributed by atoms with van der Waals surface area (Å²) in [7, 11) is 1.75. The molecular weight excluding hydrogens is 277 g/mol. The number of urea groups is 1. The smallest absolute Gasteiger partial charge is 0.292 e. The first-order valence-corrected chi connectivity index (χ1v) is 5.69. The summed E-state index contributed by atoms with van der Waals surface area (Å²) < 4.78 is 1.58. The van der Waals surface area contributed by atoms with Crippen LogP contribution >= 0.6 is 23.2 Å². The summed E-state index contributed by atoms with van der Waals surface area (Å²) >= 11 is 11.5. The van der Waals surface area contributed by atoms with Gasteiger partial charge in [0.15, 0.2) is 5.82 Å². The third kappa shape index (κ3) is 3.12. The fourth-order valence-corrected chi connectivity index (χ4v) is 1.48. The number of amides is 2. The Bertz CT molecular complexity index is 583. The maximum absolute atomic E-state index is 11.6. The van der Waals surface area contributed by atoms with Gasteiger partial charge >= 0.3 is 6.03 Å². The van der Waals surface area contributed by atoms with Gasteiger partial charge in [0.1, 0.15) is 5.82 Å². The first kappa shape index (κ1) is 12.7. The van der Waals surface area contributed by atoms with Crippen molar-refractivity contribution < 1.29 is 4.79 Å². The molecule has 2 rings (SSSR count). The molecule has 0 fully saturated rings. The topological polar surface area (TPSA) is 71.8 Å². The highest BCUT2D eigenvalue weighted by molar-refractivity contribution is 6.42. The molecule has 0 bridgehead atoms. The maximum Gasteiger partial charge on any atom is 0.326 e. The summed E-state index contributed by atoms with van der Waals surface area (Å²) in [6.45, 7) is 0. The average molecular weight is 286 g/mol. The minimum absolute atomic E-state index is 0.304. The van der Waals surface area contributed by atoms with Gasteiger partial charge in [0.05, 0.1) is 10.0 Å². The molecule has 2 N–H and O–H groups in total. The number of halogens is 2. The van der Waals surface area contributed by atoms with Crippen LogP contribution in [0.1, 0.15) is 0 Å². The molecule has 0 aliphatic carbocycles. The molecule has 0 radical (unpaired) electrons. The van der Waals surface area contributed by atoms with Crippen molar-refractivity contribution in [2.24, 2.45) is 7.05 Å². The summed E-state index contributed by atoms with van der Waals surface area (Å²) in [5, 5.41) is 9.71. The molecule has 6 nitrogen and oxygen atoms in total. The van der Waals surface area contributed by atoms with Crippen LogP contribution in [-0.4, -0.2) is 20.8 Å². The number of carbonyl (C=O) groups is 1. The number of aromatic nitrogens is 3. The zero-order valence-electron chi connectivity index (χ0n) is 9.32. The van der Waals surface area contributed by atoms with Gasteiger partial charge in [0, 0.05) is 31.6 Å². The summed E-state index contributed by atoms with van der Waals surface area (Å²) in [6, 6.07) is 2.67. The van der Waals surface area contributed by atoms with Crippen LogP contribution in [0.15, 0.2) is 24.5 Å². The second-order valence-corrected chi connectivity index (χ2v) is 4.25. The lowest BCUT2D eigenvalue weighted by molar-refractivity contribution is 0.262. The zero-order valence-corrected chi connectivity index (χ0v) is 10.8. The van der Waals surface area contributed by atoms with Gasteiger partial charge in [-0.3, -0.25) is 15.3 Å². The van der Waals surface area contributed by atoms with Crippen LogP contribution in [0.25, 0.3) is 0 Å². The number of pyridine rings is 1. The Morgan fingerprint density at radius 1 is 1.28 bits per heavy atom. The fourth-order valence-electron chi connectivity index (χ4n) is 1.23. The minimum Gasteiger partial charge on any atom is -0.292 e. The minimum atomic E-state index is -0.459. The van der Waals surface area contributed by atoms with Crippen LogP contribution in [0.3, 0.4) is 0 Å². The van der Waals surface area contributed by atoms with Gasteiger partial charge < -0.3 is 0 Å². The van der Waals surface area contributed by atoms with Crippen LogP contribution in [0.2, 0.25) is 10.0 Å². The summed E-state index contributed by atoms with van der Waals surface area (Å²) in [4.78, 5) is 15.5. The number of anilines is 2. The Morgan fingerprint density at radius 3 is 2.61 bits per heavy atom. The molecule has 0 saturated heterocycles. The second kappa shape index (κ2) is 5.24. The number of nitrogens with zero attached hydrogens (tertiary/aromatic N) is 3. The van der Waals surface area contributed by atoms with Crippen molar-refractivity contribution >= 4 is 40.9 Å². The largest absolute Gasteiger partial charge is 0.326 e. The van der Waals surface area contributed by atoms with E-state index in [1.807, 2.05) is 0 Å². The molecule has 2 aromatic heterocycles. The van der Waals surface area contributed by atoms with E-state index in [1.165, 1.54) is 12.3 Å². The normalized spacial score (nSPS) is 10.2. The lowest BCUT2D eigenvalue weighted by atomic mass is 10.4. The van der Waals surface area contributed by atoms with Crippen molar-refractivity contribution in [2.45, 2.75) is 0 Å². The van der Waals surface area contributed by atoms with Crippen molar-refractivity contribution in [2.75, 3.05) is 10.6 Å². The average Bonchev–Trinajstić information content (AvgIpc) is 2.69. The number of rotatable bonds is 2. The van der Waals surface area contributed by atoms with E-state index in [1.54, 1.807) is 24.0 Å². The van der Waals surface area contributed by atoms with Crippen molar-refractivity contribution in [3.05, 3.63) is 34.6 Å². The standard InChI is InChI=1S/C10H9Cl2N5O/c1-17-3-2-8(16-17)14-10(18)15-9-4-6(11)7(12)5-13-9/h2-5H,1H3,(H2,13,14,15,16,18). The molecule has 94 valence electrons. The number of carbonyl (C=O) groups excluding carboxylic acids is 1. The van der Waals surface area contributed by atoms with E-state index in [4.69, 9.17) is 23.2 Å². The van der Waals surface area contributed by atoms with E-state index < -0.39 is 6.03 Å². The Labute approximate surface area is 113 Å². The van der Waals surface area contributed by atoms with Gasteiger partial charge in [-0.1, -0.05) is 23.2 Å². The third-order valence-electron chi connectivity index (χ3n) is 2.01. The van der Waals surface area contributed by atoms with Gasteiger partial charge in [-0.25, -0.2) is 9.78 Å². The van der Waals surface area contributed by atoms with Crippen LogP contribution < -0.4 is 10.6 Å². The molecule has 0 unspecified atom stereocenters. The lowest BCUT2D eigenvalue weighted by Crippen LogP contribution is -2.20. The lowest BCUT2D eigenvalue weighted by Gasteiger charge is -2.05. The highest BCUT2D eigenvalue weighted by Crippen LogP contribution is 2.22. The van der Waals surface area contributed by atoms with E-state index in [0.717, 1.165) is 0 Å². The molecule has 0 atom stereocenters. The third-order valence-corrected chi connectivity index (χ3v) is 2.72. The van der Waals surface area contributed by atoms with Gasteiger partial charge in [-0.15, -0.1) is 0 Å². The SMILES string of the molecule is Cn1ccc(NC(=O)Nc2cc(Cl)c(Cl)cn2)n1. The van der Waals surface area contributed by atoms with E-state index in [9.17, 15) is 4.79 Å². The number of aryl methyl sites for hydroxylation is 1. The quantitative estimate of drug-likeness (QED) is 0.891. The number of hydrogen-bond acceptors (Lipinski definition) is 3. The van der Waals surface area contributed by atoms with Crippen molar-refractivity contribution in [3.63, 3.8) is 0 Å². The molecular formula is C10H9Cl2N5O. The molecule has 18 heavy (non-hydrogen) atoms. The Hall–Kier alpha value is -1.79. The molecule has 8 heteroatoms. The summed E-state index contributed by atoms with van der Waals surface area (Å²) in [6.07, 6.45) is 3.08. The Kier molecular flexibility index (Phi) is 3.69. The molecule has 2 aromatic rings. The van der Waals surface area contributed by atoms with Gasteiger partial charge in [-0.05, 0) is 0 Å².